The van der Waals surface area contributed by atoms with E-state index >= 15 is 0 Å². The normalized spacial score (nSPS) is 12.0. The first kappa shape index (κ1) is 17.8. The van der Waals surface area contributed by atoms with Crippen LogP contribution in [0.1, 0.15) is 36.0 Å². The summed E-state index contributed by atoms with van der Waals surface area (Å²) >= 11 is 1.52. The zero-order valence-electron chi connectivity index (χ0n) is 16.1. The van der Waals surface area contributed by atoms with E-state index in [2.05, 4.69) is 4.98 Å². The Labute approximate surface area is 169 Å². The second-order valence-corrected chi connectivity index (χ2v) is 8.25. The molecular weight excluding hydrogens is 388 g/mol. The predicted octanol–water partition coefficient (Wildman–Crippen LogP) is 4.07. The van der Waals surface area contributed by atoms with Crippen LogP contribution in [-0.4, -0.2) is 31.4 Å². The van der Waals surface area contributed by atoms with Crippen LogP contribution >= 0.6 is 11.3 Å². The molecule has 0 bridgehead atoms. The quantitative estimate of drug-likeness (QED) is 0.456. The third kappa shape index (κ3) is 2.63. The van der Waals surface area contributed by atoms with Crippen LogP contribution in [0, 0.1) is 0 Å². The lowest BCUT2D eigenvalue weighted by molar-refractivity contribution is 0.0382. The summed E-state index contributed by atoms with van der Waals surface area (Å²) in [6.07, 6.45) is 0.515. The first-order chi connectivity index (χ1) is 14.0. The molecule has 0 aliphatic rings. The van der Waals surface area contributed by atoms with Crippen LogP contribution in [-0.2, 0) is 11.2 Å². The van der Waals surface area contributed by atoms with Gasteiger partial charge in [-0.15, -0.1) is 11.3 Å². The molecule has 4 aromatic heterocycles. The standard InChI is InChI=1S/C21H18N4O3S/c1-4-11-9-12-19(26)24-17-15(21(27)28-10(2)3)16-18(25(17)20(12)29-11)23-14-8-6-5-7-13(14)22-16/h5-10H,4H2,1-3H3,(H,24,26). The summed E-state index contributed by atoms with van der Waals surface area (Å²) < 4.78 is 7.29. The molecule has 5 aromatic rings. The number of carbonyl (C=O) groups excluding carboxylic acids is 1. The van der Waals surface area contributed by atoms with Gasteiger partial charge in [0.15, 0.2) is 5.65 Å². The lowest BCUT2D eigenvalue weighted by Gasteiger charge is -2.07. The van der Waals surface area contributed by atoms with Crippen LogP contribution in [0.4, 0.5) is 0 Å². The molecule has 0 spiro atoms. The molecule has 7 nitrogen and oxygen atoms in total. The van der Waals surface area contributed by atoms with Gasteiger partial charge in [-0.25, -0.2) is 14.8 Å². The minimum Gasteiger partial charge on any atom is -0.459 e. The lowest BCUT2D eigenvalue weighted by atomic mass is 10.2. The largest absolute Gasteiger partial charge is 0.459 e. The molecule has 0 amide bonds. The molecule has 5 rings (SSSR count). The number of para-hydroxylation sites is 2. The zero-order chi connectivity index (χ0) is 20.3. The van der Waals surface area contributed by atoms with Crippen molar-refractivity contribution in [2.75, 3.05) is 0 Å². The molecule has 29 heavy (non-hydrogen) atoms. The summed E-state index contributed by atoms with van der Waals surface area (Å²) in [4.78, 5) is 39.9. The molecule has 0 saturated heterocycles. The summed E-state index contributed by atoms with van der Waals surface area (Å²) in [5.41, 5.74) is 2.70. The highest BCUT2D eigenvalue weighted by Crippen LogP contribution is 2.31. The number of hydrogen-bond acceptors (Lipinski definition) is 6. The number of H-pyrrole nitrogens is 1. The molecule has 0 saturated carbocycles. The molecule has 4 heterocycles. The highest BCUT2D eigenvalue weighted by atomic mass is 32.1. The Bertz CT molecular complexity index is 1490. The van der Waals surface area contributed by atoms with Gasteiger partial charge in [0.2, 0.25) is 0 Å². The van der Waals surface area contributed by atoms with Crippen LogP contribution in [0.2, 0.25) is 0 Å². The van der Waals surface area contributed by atoms with Crippen molar-refractivity contribution in [2.24, 2.45) is 0 Å². The Balaban J connectivity index is 2.02. The van der Waals surface area contributed by atoms with Crippen molar-refractivity contribution in [3.8, 4) is 0 Å². The van der Waals surface area contributed by atoms with E-state index in [0.29, 0.717) is 27.7 Å². The number of rotatable bonds is 3. The van der Waals surface area contributed by atoms with Crippen molar-refractivity contribution in [3.05, 3.63) is 51.1 Å². The summed E-state index contributed by atoms with van der Waals surface area (Å²) in [6.45, 7) is 5.61. The van der Waals surface area contributed by atoms with Crippen LogP contribution in [0.25, 0.3) is 38.1 Å². The number of nitrogens with one attached hydrogen (secondary N) is 1. The molecular formula is C21H18N4O3S. The van der Waals surface area contributed by atoms with E-state index in [1.54, 1.807) is 13.8 Å². The predicted molar refractivity (Wildman–Crippen MR) is 114 cm³/mol. The van der Waals surface area contributed by atoms with Gasteiger partial charge in [0.25, 0.3) is 5.56 Å². The Morgan fingerprint density at radius 2 is 1.97 bits per heavy atom. The van der Waals surface area contributed by atoms with E-state index in [4.69, 9.17) is 14.7 Å². The first-order valence-electron chi connectivity index (χ1n) is 9.44. The van der Waals surface area contributed by atoms with Gasteiger partial charge < -0.3 is 9.72 Å². The van der Waals surface area contributed by atoms with Crippen molar-refractivity contribution in [1.82, 2.24) is 19.4 Å². The average Bonchev–Trinajstić information content (AvgIpc) is 3.24. The third-order valence-electron chi connectivity index (χ3n) is 4.80. The number of nitrogens with zero attached hydrogens (tertiary/aromatic N) is 3. The van der Waals surface area contributed by atoms with Crippen molar-refractivity contribution < 1.29 is 9.53 Å². The van der Waals surface area contributed by atoms with Crippen molar-refractivity contribution in [1.29, 1.82) is 0 Å². The minimum atomic E-state index is -0.528. The lowest BCUT2D eigenvalue weighted by Crippen LogP contribution is -2.14. The van der Waals surface area contributed by atoms with E-state index in [9.17, 15) is 9.59 Å². The van der Waals surface area contributed by atoms with Gasteiger partial charge in [0, 0.05) is 4.88 Å². The average molecular weight is 406 g/mol. The van der Waals surface area contributed by atoms with Gasteiger partial charge >= 0.3 is 5.97 Å². The van der Waals surface area contributed by atoms with E-state index in [1.165, 1.54) is 11.3 Å². The van der Waals surface area contributed by atoms with Crippen LogP contribution < -0.4 is 5.56 Å². The van der Waals surface area contributed by atoms with E-state index in [0.717, 1.165) is 21.6 Å². The number of fused-ring (bicyclic) bond motifs is 6. The Morgan fingerprint density at radius 3 is 2.66 bits per heavy atom. The molecule has 0 fully saturated rings. The first-order valence-corrected chi connectivity index (χ1v) is 10.3. The van der Waals surface area contributed by atoms with Gasteiger partial charge in [0.05, 0.1) is 22.5 Å². The maximum Gasteiger partial charge on any atom is 0.344 e. The fourth-order valence-corrected chi connectivity index (χ4v) is 4.64. The molecule has 1 aromatic carbocycles. The summed E-state index contributed by atoms with van der Waals surface area (Å²) in [5, 5.41) is 0.579. The van der Waals surface area contributed by atoms with Crippen LogP contribution in [0.3, 0.4) is 0 Å². The maximum atomic E-state index is 13.0. The molecule has 0 aliphatic carbocycles. The number of ether oxygens (including phenoxy) is 1. The summed E-state index contributed by atoms with van der Waals surface area (Å²) in [6, 6.07) is 9.38. The number of aromatic amines is 1. The number of aryl methyl sites for hydroxylation is 1. The Kier molecular flexibility index (Phi) is 3.92. The van der Waals surface area contributed by atoms with E-state index in [1.807, 2.05) is 41.7 Å². The SMILES string of the molecule is CCc1cc2c(=O)[nH]c3c(C(=O)OC(C)C)c4nc5ccccc5nc4n3c2s1. The third-order valence-corrected chi connectivity index (χ3v) is 6.06. The fourth-order valence-electron chi connectivity index (χ4n) is 3.54. The van der Waals surface area contributed by atoms with Crippen LogP contribution in [0.5, 0.6) is 0 Å². The minimum absolute atomic E-state index is 0.234. The van der Waals surface area contributed by atoms with Gasteiger partial charge in [-0.05, 0) is 38.5 Å². The fraction of sp³-hybridized carbons (Fsp3) is 0.238. The molecule has 0 atom stereocenters. The number of carbonyl (C=O) groups is 1. The van der Waals surface area contributed by atoms with Crippen molar-refractivity contribution in [2.45, 2.75) is 33.3 Å². The monoisotopic (exact) mass is 406 g/mol. The van der Waals surface area contributed by atoms with Gasteiger partial charge in [-0.2, -0.15) is 0 Å². The second kappa shape index (κ2) is 6.38. The molecule has 0 unspecified atom stereocenters. The van der Waals surface area contributed by atoms with Gasteiger partial charge in [0.1, 0.15) is 21.6 Å². The number of aromatic nitrogens is 4. The maximum absolute atomic E-state index is 13.0. The number of hydrogen-bond donors (Lipinski definition) is 1. The van der Waals surface area contributed by atoms with Gasteiger partial charge in [-0.1, -0.05) is 19.1 Å². The molecule has 146 valence electrons. The molecule has 0 aliphatic heterocycles. The zero-order valence-corrected chi connectivity index (χ0v) is 17.0. The smallest absolute Gasteiger partial charge is 0.344 e. The highest BCUT2D eigenvalue weighted by molar-refractivity contribution is 7.18. The van der Waals surface area contributed by atoms with E-state index in [-0.39, 0.29) is 17.2 Å². The molecule has 0 radical (unpaired) electrons. The van der Waals surface area contributed by atoms with Gasteiger partial charge in [-0.3, -0.25) is 9.20 Å². The Hall–Kier alpha value is -3.26. The number of benzene rings is 1. The second-order valence-electron chi connectivity index (χ2n) is 7.14. The summed E-state index contributed by atoms with van der Waals surface area (Å²) in [7, 11) is 0. The number of thiophene rings is 1. The Morgan fingerprint density at radius 1 is 1.24 bits per heavy atom. The van der Waals surface area contributed by atoms with Crippen molar-refractivity contribution >= 4 is 55.4 Å². The molecule has 1 N–H and O–H groups in total. The van der Waals surface area contributed by atoms with Crippen molar-refractivity contribution in [3.63, 3.8) is 0 Å². The number of esters is 1. The topological polar surface area (TPSA) is 89.3 Å². The van der Waals surface area contributed by atoms with E-state index < -0.39 is 5.97 Å². The molecule has 8 heteroatoms. The van der Waals surface area contributed by atoms with Crippen LogP contribution in [0.15, 0.2) is 35.1 Å². The summed E-state index contributed by atoms with van der Waals surface area (Å²) in [5.74, 6) is -0.528. The highest BCUT2D eigenvalue weighted by Gasteiger charge is 2.26.